The average Bonchev–Trinajstić information content (AvgIpc) is 2.45. The third-order valence-electron chi connectivity index (χ3n) is 5.02. The van der Waals surface area contributed by atoms with Gasteiger partial charge >= 0.3 is 0 Å². The van der Waals surface area contributed by atoms with Crippen molar-refractivity contribution in [1.82, 2.24) is 0 Å². The molecule has 4 heteroatoms. The quantitative estimate of drug-likeness (QED) is 0.402. The summed E-state index contributed by atoms with van der Waals surface area (Å²) in [4.78, 5) is 28.1. The maximum absolute atomic E-state index is 10.6. The summed E-state index contributed by atoms with van der Waals surface area (Å²) in [5.74, 6) is 0.955. The Labute approximate surface area is 114 Å². The molecule has 104 valence electrons. The number of rotatable bonds is 7. The predicted octanol–water partition coefficient (Wildman–Crippen LogP) is 3.17. The van der Waals surface area contributed by atoms with Crippen molar-refractivity contribution in [3.8, 4) is 0 Å². The molecule has 3 aliphatic carbocycles. The Bertz CT molecular complexity index is 373. The van der Waals surface area contributed by atoms with E-state index in [2.05, 4.69) is 9.98 Å². The summed E-state index contributed by atoms with van der Waals surface area (Å²) in [6, 6.07) is 0.0639. The molecule has 0 aromatic heterocycles. The Hall–Kier alpha value is -1.24. The van der Waals surface area contributed by atoms with Crippen LogP contribution in [0.1, 0.15) is 57.8 Å². The maximum Gasteiger partial charge on any atom is 0.235 e. The van der Waals surface area contributed by atoms with Gasteiger partial charge in [0, 0.05) is 0 Å². The Morgan fingerprint density at radius 3 is 2.37 bits per heavy atom. The van der Waals surface area contributed by atoms with E-state index in [1.807, 2.05) is 0 Å². The third-order valence-corrected chi connectivity index (χ3v) is 5.02. The summed E-state index contributed by atoms with van der Waals surface area (Å²) in [6.45, 7) is 0.490. The molecule has 19 heavy (non-hydrogen) atoms. The Kier molecular flexibility index (Phi) is 5.07. The zero-order chi connectivity index (χ0) is 13.6. The average molecular weight is 262 g/mol. The van der Waals surface area contributed by atoms with Crippen LogP contribution in [0.25, 0.3) is 0 Å². The van der Waals surface area contributed by atoms with Gasteiger partial charge in [-0.3, -0.25) is 0 Å². The SMILES string of the molecule is O=C=NCCCC(CC12CCC(CC1)CC2)N=C=O. The minimum absolute atomic E-state index is 0.0639. The fraction of sp³-hybridized carbons (Fsp3) is 0.867. The van der Waals surface area contributed by atoms with Crippen LogP contribution in [0, 0.1) is 11.3 Å². The van der Waals surface area contributed by atoms with E-state index in [1.165, 1.54) is 38.5 Å². The van der Waals surface area contributed by atoms with E-state index < -0.39 is 0 Å². The van der Waals surface area contributed by atoms with Crippen molar-refractivity contribution < 1.29 is 9.59 Å². The van der Waals surface area contributed by atoms with E-state index in [1.54, 1.807) is 12.2 Å². The van der Waals surface area contributed by atoms with Crippen LogP contribution in [0.15, 0.2) is 9.98 Å². The van der Waals surface area contributed by atoms with Crippen LogP contribution < -0.4 is 0 Å². The molecule has 0 amide bonds. The molecule has 1 unspecified atom stereocenters. The molecule has 4 nitrogen and oxygen atoms in total. The molecule has 0 radical (unpaired) electrons. The smallest absolute Gasteiger partial charge is 0.211 e. The van der Waals surface area contributed by atoms with Crippen LogP contribution in [0.4, 0.5) is 0 Å². The highest BCUT2D eigenvalue weighted by molar-refractivity contribution is 5.33. The maximum atomic E-state index is 10.6. The van der Waals surface area contributed by atoms with Crippen molar-refractivity contribution in [3.05, 3.63) is 0 Å². The molecule has 0 saturated heterocycles. The molecule has 0 aliphatic heterocycles. The molecule has 3 fully saturated rings. The second kappa shape index (κ2) is 6.79. The van der Waals surface area contributed by atoms with Gasteiger partial charge in [-0.15, -0.1) is 0 Å². The van der Waals surface area contributed by atoms with Gasteiger partial charge in [-0.2, -0.15) is 0 Å². The van der Waals surface area contributed by atoms with Crippen molar-refractivity contribution in [1.29, 1.82) is 0 Å². The predicted molar refractivity (Wildman–Crippen MR) is 72.4 cm³/mol. The lowest BCUT2D eigenvalue weighted by Crippen LogP contribution is -2.36. The van der Waals surface area contributed by atoms with Gasteiger partial charge in [0.2, 0.25) is 12.2 Å². The van der Waals surface area contributed by atoms with E-state index in [9.17, 15) is 9.59 Å². The topological polar surface area (TPSA) is 58.9 Å². The Balaban J connectivity index is 1.88. The Morgan fingerprint density at radius 1 is 1.11 bits per heavy atom. The first kappa shape index (κ1) is 14.2. The number of aliphatic imine (C=N–C) groups is 2. The molecule has 3 saturated carbocycles. The minimum atomic E-state index is 0.0639. The van der Waals surface area contributed by atoms with Crippen molar-refractivity contribution in [2.45, 2.75) is 63.8 Å². The first-order chi connectivity index (χ1) is 9.28. The second-order valence-electron chi connectivity index (χ2n) is 6.18. The molecular weight excluding hydrogens is 240 g/mol. The van der Waals surface area contributed by atoms with Gasteiger partial charge in [0.25, 0.3) is 0 Å². The highest BCUT2D eigenvalue weighted by Crippen LogP contribution is 2.53. The fourth-order valence-electron chi connectivity index (χ4n) is 3.88. The molecule has 0 aromatic carbocycles. The molecule has 0 aromatic rings. The molecule has 0 heterocycles. The first-order valence-corrected chi connectivity index (χ1v) is 7.39. The highest BCUT2D eigenvalue weighted by Gasteiger charge is 2.41. The summed E-state index contributed by atoms with van der Waals surface area (Å²) in [7, 11) is 0. The summed E-state index contributed by atoms with van der Waals surface area (Å²) in [5, 5.41) is 0. The zero-order valence-corrected chi connectivity index (χ0v) is 11.4. The van der Waals surface area contributed by atoms with Crippen LogP contribution in [0.3, 0.4) is 0 Å². The monoisotopic (exact) mass is 262 g/mol. The lowest BCUT2D eigenvalue weighted by Gasteiger charge is -2.47. The number of hydrogen-bond acceptors (Lipinski definition) is 4. The van der Waals surface area contributed by atoms with E-state index in [4.69, 9.17) is 0 Å². The number of fused-ring (bicyclic) bond motifs is 3. The van der Waals surface area contributed by atoms with Crippen molar-refractivity contribution in [2.24, 2.45) is 21.3 Å². The number of carbonyl (C=O) groups excluding carboxylic acids is 2. The summed E-state index contributed by atoms with van der Waals surface area (Å²) in [6.07, 6.45) is 13.9. The van der Waals surface area contributed by atoms with Crippen molar-refractivity contribution in [2.75, 3.05) is 6.54 Å². The van der Waals surface area contributed by atoms with E-state index in [0.29, 0.717) is 12.0 Å². The summed E-state index contributed by atoms with van der Waals surface area (Å²) < 4.78 is 0. The van der Waals surface area contributed by atoms with Gasteiger partial charge in [0.15, 0.2) is 0 Å². The summed E-state index contributed by atoms with van der Waals surface area (Å²) >= 11 is 0. The van der Waals surface area contributed by atoms with Gasteiger partial charge in [0.05, 0.1) is 12.6 Å². The first-order valence-electron chi connectivity index (χ1n) is 7.39. The second-order valence-corrected chi connectivity index (χ2v) is 6.18. The van der Waals surface area contributed by atoms with Gasteiger partial charge in [-0.25, -0.2) is 19.6 Å². The lowest BCUT2D eigenvalue weighted by molar-refractivity contribution is 0.0495. The molecule has 0 N–H and O–H groups in total. The van der Waals surface area contributed by atoms with Gasteiger partial charge in [0.1, 0.15) is 0 Å². The third kappa shape index (κ3) is 3.86. The Morgan fingerprint density at radius 2 is 1.79 bits per heavy atom. The van der Waals surface area contributed by atoms with E-state index in [0.717, 1.165) is 25.2 Å². The number of isocyanates is 2. The van der Waals surface area contributed by atoms with Crippen LogP contribution >= 0.6 is 0 Å². The number of hydrogen-bond donors (Lipinski definition) is 0. The van der Waals surface area contributed by atoms with Crippen LogP contribution in [0.2, 0.25) is 0 Å². The normalized spacial score (nSPS) is 30.2. The molecule has 0 spiro atoms. The molecule has 3 rings (SSSR count). The zero-order valence-electron chi connectivity index (χ0n) is 11.4. The van der Waals surface area contributed by atoms with Crippen molar-refractivity contribution in [3.63, 3.8) is 0 Å². The van der Waals surface area contributed by atoms with Crippen LogP contribution in [-0.2, 0) is 9.59 Å². The summed E-state index contributed by atoms with van der Waals surface area (Å²) in [5.41, 5.74) is 0.424. The van der Waals surface area contributed by atoms with E-state index >= 15 is 0 Å². The van der Waals surface area contributed by atoms with Gasteiger partial charge < -0.3 is 0 Å². The molecule has 1 atom stereocenters. The largest absolute Gasteiger partial charge is 0.235 e. The number of nitrogens with zero attached hydrogens (tertiary/aromatic N) is 2. The molecular formula is C15H22N2O2. The lowest BCUT2D eigenvalue weighted by atomic mass is 9.58. The fourth-order valence-corrected chi connectivity index (χ4v) is 3.88. The molecule has 2 bridgehead atoms. The van der Waals surface area contributed by atoms with E-state index in [-0.39, 0.29) is 6.04 Å². The highest BCUT2D eigenvalue weighted by atomic mass is 16.1. The minimum Gasteiger partial charge on any atom is -0.211 e. The van der Waals surface area contributed by atoms with Crippen LogP contribution in [0.5, 0.6) is 0 Å². The van der Waals surface area contributed by atoms with Gasteiger partial charge in [-0.05, 0) is 69.1 Å². The van der Waals surface area contributed by atoms with Gasteiger partial charge in [-0.1, -0.05) is 0 Å². The van der Waals surface area contributed by atoms with Crippen LogP contribution in [-0.4, -0.2) is 24.7 Å². The standard InChI is InChI=1S/C15H22N2O2/c18-11-16-9-1-2-14(17-12-19)10-15-6-3-13(4-7-15)5-8-15/h13-14H,1-10H2. The van der Waals surface area contributed by atoms with Crippen molar-refractivity contribution >= 4 is 12.2 Å². The molecule has 3 aliphatic rings.